The highest BCUT2D eigenvalue weighted by atomic mass is 16.2. The van der Waals surface area contributed by atoms with Gasteiger partial charge in [0.2, 0.25) is 0 Å². The first kappa shape index (κ1) is 18.9. The highest BCUT2D eigenvalue weighted by Crippen LogP contribution is 2.49. The molecule has 3 aliphatic rings. The molecule has 1 aromatic carbocycles. The van der Waals surface area contributed by atoms with Crippen molar-refractivity contribution in [3.63, 3.8) is 0 Å². The predicted octanol–water partition coefficient (Wildman–Crippen LogP) is 2.84. The summed E-state index contributed by atoms with van der Waals surface area (Å²) in [6, 6.07) is 6.31. The molecule has 148 valence electrons. The average Bonchev–Trinajstić information content (AvgIpc) is 3.16. The molecule has 0 aromatic heterocycles. The minimum atomic E-state index is 0.0844. The number of ketones is 1. The van der Waals surface area contributed by atoms with Crippen molar-refractivity contribution >= 4 is 17.4 Å². The van der Waals surface area contributed by atoms with Crippen LogP contribution < -0.4 is 4.90 Å². The van der Waals surface area contributed by atoms with Gasteiger partial charge in [-0.15, -0.1) is 0 Å². The van der Waals surface area contributed by atoms with E-state index >= 15 is 0 Å². The van der Waals surface area contributed by atoms with Gasteiger partial charge in [-0.25, -0.2) is 0 Å². The fourth-order valence-corrected chi connectivity index (χ4v) is 4.87. The van der Waals surface area contributed by atoms with E-state index in [9.17, 15) is 9.59 Å². The van der Waals surface area contributed by atoms with Gasteiger partial charge in [-0.1, -0.05) is 26.0 Å². The van der Waals surface area contributed by atoms with Crippen LogP contribution in [0.1, 0.15) is 42.6 Å². The lowest BCUT2D eigenvalue weighted by Crippen LogP contribution is -2.40. The predicted molar refractivity (Wildman–Crippen MR) is 112 cm³/mol. The van der Waals surface area contributed by atoms with Gasteiger partial charge in [0.05, 0.1) is 6.04 Å². The Morgan fingerprint density at radius 1 is 1.25 bits per heavy atom. The number of anilines is 1. The van der Waals surface area contributed by atoms with E-state index in [-0.39, 0.29) is 23.7 Å². The Kier molecular flexibility index (Phi) is 4.88. The van der Waals surface area contributed by atoms with Crippen LogP contribution in [0, 0.1) is 0 Å². The van der Waals surface area contributed by atoms with Crippen molar-refractivity contribution in [1.29, 1.82) is 0 Å². The minimum absolute atomic E-state index is 0.0844. The molecule has 1 aromatic rings. The van der Waals surface area contributed by atoms with E-state index in [1.165, 1.54) is 16.8 Å². The van der Waals surface area contributed by atoms with E-state index in [4.69, 9.17) is 0 Å². The van der Waals surface area contributed by atoms with Crippen molar-refractivity contribution < 1.29 is 9.59 Å². The standard InChI is InChI=1S/C23H29N3O2/c1-5-25(6-2)11-12-26-20-9-7-16(15(3)27)13-18(20)22-19-14-24(4)23(28)17(19)8-10-21(22)26/h7-10,13,21-22H,5-6,11-12,14H2,1-4H3. The van der Waals surface area contributed by atoms with Crippen molar-refractivity contribution in [1.82, 2.24) is 9.80 Å². The lowest BCUT2D eigenvalue weighted by Gasteiger charge is -2.32. The van der Waals surface area contributed by atoms with Crippen molar-refractivity contribution in [3.8, 4) is 0 Å². The van der Waals surface area contributed by atoms with E-state index < -0.39 is 0 Å². The maximum Gasteiger partial charge on any atom is 0.253 e. The zero-order valence-electron chi connectivity index (χ0n) is 17.2. The van der Waals surface area contributed by atoms with Gasteiger partial charge in [0.1, 0.15) is 0 Å². The Bertz CT molecular complexity index is 882. The molecule has 0 N–H and O–H groups in total. The van der Waals surface area contributed by atoms with Gasteiger partial charge < -0.3 is 14.7 Å². The second-order valence-corrected chi connectivity index (χ2v) is 7.98. The number of fused-ring (bicyclic) bond motifs is 4. The quantitative estimate of drug-likeness (QED) is 0.713. The second kappa shape index (κ2) is 7.21. The third-order valence-electron chi connectivity index (χ3n) is 6.50. The van der Waals surface area contributed by atoms with Crippen LogP contribution in [-0.2, 0) is 4.79 Å². The van der Waals surface area contributed by atoms with E-state index in [2.05, 4.69) is 41.9 Å². The van der Waals surface area contributed by atoms with E-state index in [1.54, 1.807) is 11.8 Å². The molecule has 2 heterocycles. The summed E-state index contributed by atoms with van der Waals surface area (Å²) in [6.07, 6.45) is 4.21. The summed E-state index contributed by atoms with van der Waals surface area (Å²) >= 11 is 0. The van der Waals surface area contributed by atoms with Gasteiger partial charge in [0.25, 0.3) is 5.91 Å². The van der Waals surface area contributed by atoms with Crippen LogP contribution in [0.25, 0.3) is 0 Å². The monoisotopic (exact) mass is 379 g/mol. The molecule has 0 saturated heterocycles. The van der Waals surface area contributed by atoms with Gasteiger partial charge in [-0.05, 0) is 49.3 Å². The van der Waals surface area contributed by atoms with Gasteiger partial charge in [-0.3, -0.25) is 9.59 Å². The van der Waals surface area contributed by atoms with Crippen molar-refractivity contribution in [2.45, 2.75) is 32.7 Å². The molecule has 0 bridgehead atoms. The van der Waals surface area contributed by atoms with Gasteiger partial charge in [-0.2, -0.15) is 0 Å². The number of nitrogens with zero attached hydrogens (tertiary/aromatic N) is 3. The van der Waals surface area contributed by atoms with Crippen LogP contribution in [0.15, 0.2) is 41.5 Å². The highest BCUT2D eigenvalue weighted by molar-refractivity contribution is 6.01. The summed E-state index contributed by atoms with van der Waals surface area (Å²) < 4.78 is 0. The van der Waals surface area contributed by atoms with Crippen molar-refractivity contribution in [3.05, 3.63) is 52.6 Å². The highest BCUT2D eigenvalue weighted by Gasteiger charge is 2.45. The normalized spacial score (nSPS) is 22.8. The number of amides is 1. The maximum absolute atomic E-state index is 12.5. The SMILES string of the molecule is CCN(CC)CCN1c2ccc(C(C)=O)cc2C2C3=C(C=CC21)C(=O)N(C)C3. The van der Waals surface area contributed by atoms with Crippen LogP contribution in [0.5, 0.6) is 0 Å². The molecule has 4 rings (SSSR count). The first-order valence-electron chi connectivity index (χ1n) is 10.3. The number of rotatable bonds is 6. The summed E-state index contributed by atoms with van der Waals surface area (Å²) in [5, 5.41) is 0. The molecule has 2 aliphatic heterocycles. The van der Waals surface area contributed by atoms with Crippen LogP contribution in [0.3, 0.4) is 0 Å². The maximum atomic E-state index is 12.5. The molecule has 0 fully saturated rings. The first-order valence-corrected chi connectivity index (χ1v) is 10.3. The van der Waals surface area contributed by atoms with Crippen molar-refractivity contribution in [2.75, 3.05) is 44.7 Å². The number of hydrogen-bond acceptors (Lipinski definition) is 4. The summed E-state index contributed by atoms with van der Waals surface area (Å²) in [5.41, 5.74) is 5.18. The molecule has 0 radical (unpaired) electrons. The number of carbonyl (C=O) groups is 2. The number of Topliss-reactive ketones (excluding diaryl/α,β-unsaturated/α-hetero) is 1. The first-order chi connectivity index (χ1) is 13.5. The third-order valence-corrected chi connectivity index (χ3v) is 6.50. The minimum Gasteiger partial charge on any atom is -0.363 e. The Morgan fingerprint density at radius 2 is 2.00 bits per heavy atom. The summed E-state index contributed by atoms with van der Waals surface area (Å²) in [5.74, 6) is 0.344. The smallest absolute Gasteiger partial charge is 0.253 e. The van der Waals surface area contributed by atoms with E-state index in [0.717, 1.165) is 37.3 Å². The van der Waals surface area contributed by atoms with E-state index in [0.29, 0.717) is 6.54 Å². The molecule has 2 atom stereocenters. The zero-order chi connectivity index (χ0) is 20.0. The Labute approximate surface area is 167 Å². The van der Waals surface area contributed by atoms with Gasteiger partial charge >= 0.3 is 0 Å². The largest absolute Gasteiger partial charge is 0.363 e. The van der Waals surface area contributed by atoms with Crippen LogP contribution in [0.2, 0.25) is 0 Å². The molecule has 1 amide bonds. The lowest BCUT2D eigenvalue weighted by atomic mass is 9.81. The Morgan fingerprint density at radius 3 is 2.68 bits per heavy atom. The molecule has 28 heavy (non-hydrogen) atoms. The zero-order valence-corrected chi connectivity index (χ0v) is 17.2. The van der Waals surface area contributed by atoms with Crippen LogP contribution in [0.4, 0.5) is 5.69 Å². The molecule has 5 heteroatoms. The fourth-order valence-electron chi connectivity index (χ4n) is 4.87. The van der Waals surface area contributed by atoms with Gasteiger partial charge in [0, 0.05) is 49.4 Å². The fraction of sp³-hybridized carbons (Fsp3) is 0.478. The molecule has 0 saturated carbocycles. The summed E-state index contributed by atoms with van der Waals surface area (Å²) in [6.45, 7) is 10.7. The molecular formula is C23H29N3O2. The van der Waals surface area contributed by atoms with Gasteiger partial charge in [0.15, 0.2) is 5.78 Å². The Hall–Kier alpha value is -2.40. The molecular weight excluding hydrogens is 350 g/mol. The summed E-state index contributed by atoms with van der Waals surface area (Å²) in [4.78, 5) is 31.2. The third kappa shape index (κ3) is 2.89. The average molecular weight is 380 g/mol. The number of hydrogen-bond donors (Lipinski definition) is 0. The molecule has 5 nitrogen and oxygen atoms in total. The van der Waals surface area contributed by atoms with Crippen LogP contribution >= 0.6 is 0 Å². The molecule has 0 spiro atoms. The topological polar surface area (TPSA) is 43.9 Å². The lowest BCUT2D eigenvalue weighted by molar-refractivity contribution is -0.124. The molecule has 2 unspecified atom stereocenters. The van der Waals surface area contributed by atoms with Crippen molar-refractivity contribution in [2.24, 2.45) is 0 Å². The van der Waals surface area contributed by atoms with E-state index in [1.807, 2.05) is 19.2 Å². The number of benzene rings is 1. The number of carbonyl (C=O) groups excluding carboxylic acids is 2. The summed E-state index contributed by atoms with van der Waals surface area (Å²) in [7, 11) is 1.86. The van der Waals surface area contributed by atoms with Crippen LogP contribution in [-0.4, -0.2) is 67.3 Å². The second-order valence-electron chi connectivity index (χ2n) is 7.98. The number of likely N-dealkylation sites (N-methyl/N-ethyl adjacent to an activating group) is 2. The Balaban J connectivity index is 1.75. The molecule has 1 aliphatic carbocycles.